The molecular weight excluding hydrogens is 1770 g/mol. The summed E-state index contributed by atoms with van der Waals surface area (Å²) in [5.41, 5.74) is 13.2. The van der Waals surface area contributed by atoms with Crippen LogP contribution in [-0.4, -0.2) is 168 Å². The van der Waals surface area contributed by atoms with Gasteiger partial charge in [-0.1, -0.05) is 174 Å². The molecule has 0 radical (unpaired) electrons. The molecule has 0 N–H and O–H groups in total. The number of anilines is 2. The van der Waals surface area contributed by atoms with E-state index in [1.54, 1.807) is 23.5 Å². The molecule has 19 rings (SSSR count). The molecule has 3 aliphatic heterocycles. The Hall–Kier alpha value is -10.8. The fraction of sp³-hybridized carbons (Fsp3) is 0.387. The second-order valence-electron chi connectivity index (χ2n) is 38.1. The Balaban J connectivity index is 0.000000150. The lowest BCUT2D eigenvalue weighted by Gasteiger charge is -2.38. The Morgan fingerprint density at radius 3 is 1.07 bits per heavy atom. The van der Waals surface area contributed by atoms with Gasteiger partial charge in [0.2, 0.25) is 13.1 Å². The van der Waals surface area contributed by atoms with Gasteiger partial charge in [0, 0.05) is 253 Å². The van der Waals surface area contributed by atoms with Gasteiger partial charge in [-0.05, 0) is 271 Å². The van der Waals surface area contributed by atoms with E-state index in [1.165, 1.54) is 130 Å². The molecule has 0 saturated carbocycles. The third-order valence-electron chi connectivity index (χ3n) is 25.0. The summed E-state index contributed by atoms with van der Waals surface area (Å²) in [7, 11) is 0. The highest BCUT2D eigenvalue weighted by Gasteiger charge is 2.23. The molecule has 7 aromatic heterocycles. The van der Waals surface area contributed by atoms with Crippen molar-refractivity contribution in [2.75, 3.05) is 113 Å². The molecular formula is C119H152N14OS4. The molecule has 16 aromatic rings. The number of ether oxygens (including phenoxy) is 1. The lowest BCUT2D eigenvalue weighted by molar-refractivity contribution is 0.0238. The Morgan fingerprint density at radius 1 is 0.304 bits per heavy atom. The predicted octanol–water partition coefficient (Wildman–Crippen LogP) is 31.1. The molecule has 0 atom stereocenters. The van der Waals surface area contributed by atoms with Gasteiger partial charge in [0.15, 0.2) is 0 Å². The van der Waals surface area contributed by atoms with Crippen molar-refractivity contribution in [1.82, 2.24) is 47.1 Å². The molecule has 0 bridgehead atoms. The van der Waals surface area contributed by atoms with E-state index in [1.807, 2.05) is 35.8 Å². The van der Waals surface area contributed by atoms with Gasteiger partial charge in [0.25, 0.3) is 0 Å². The number of aromatic nitrogens is 7. The van der Waals surface area contributed by atoms with Crippen LogP contribution in [0.3, 0.4) is 0 Å². The molecule has 0 amide bonds. The van der Waals surface area contributed by atoms with Gasteiger partial charge in [0.1, 0.15) is 5.82 Å². The smallest absolute Gasteiger partial charge is 0.223 e. The lowest BCUT2D eigenvalue weighted by atomic mass is 10.2. The number of benzene rings is 9. The van der Waals surface area contributed by atoms with Crippen molar-refractivity contribution in [1.29, 1.82) is 0 Å². The highest BCUT2D eigenvalue weighted by atomic mass is 32.2. The number of thioether (sulfide) groups is 2. The summed E-state index contributed by atoms with van der Waals surface area (Å²) >= 11 is 7.24. The Labute approximate surface area is 843 Å². The summed E-state index contributed by atoms with van der Waals surface area (Å²) in [5, 5.41) is 7.98. The number of morpholine rings is 1. The molecule has 15 nitrogen and oxygen atoms in total. The molecule has 3 fully saturated rings. The van der Waals surface area contributed by atoms with Gasteiger partial charge < -0.3 is 51.6 Å². The van der Waals surface area contributed by atoms with E-state index in [0.717, 1.165) is 82.9 Å². The summed E-state index contributed by atoms with van der Waals surface area (Å²) in [6.45, 7) is 74.5. The number of hydrogen-bond donors (Lipinski definition) is 0. The topological polar surface area (TPSA) is 76.6 Å². The summed E-state index contributed by atoms with van der Waals surface area (Å²) in [6, 6.07) is 92.8. The van der Waals surface area contributed by atoms with Crippen LogP contribution in [0.5, 0.6) is 0 Å². The summed E-state index contributed by atoms with van der Waals surface area (Å²) in [4.78, 5) is 31.3. The molecule has 10 heterocycles. The zero-order chi connectivity index (χ0) is 98.7. The average molecular weight is 1920 g/mol. The molecule has 3 aliphatic rings. The van der Waals surface area contributed by atoms with E-state index < -0.39 is 0 Å². The van der Waals surface area contributed by atoms with Crippen LogP contribution in [0.1, 0.15) is 178 Å². The van der Waals surface area contributed by atoms with Crippen molar-refractivity contribution in [2.45, 2.75) is 229 Å². The minimum absolute atomic E-state index is 0.463. The van der Waals surface area contributed by atoms with E-state index in [9.17, 15) is 0 Å². The number of para-hydroxylation sites is 4. The average Bonchev–Trinajstić information content (AvgIpc) is 1.64. The van der Waals surface area contributed by atoms with Crippen molar-refractivity contribution in [3.63, 3.8) is 0 Å². The highest BCUT2D eigenvalue weighted by molar-refractivity contribution is 8.00. The molecule has 3 saturated heterocycles. The maximum absolute atomic E-state index is 6.85. The zero-order valence-corrected chi connectivity index (χ0v) is 89.3. The second kappa shape index (κ2) is 54.7. The van der Waals surface area contributed by atoms with Crippen LogP contribution in [-0.2, 0) is 4.74 Å². The van der Waals surface area contributed by atoms with E-state index in [-0.39, 0.29) is 0 Å². The first kappa shape index (κ1) is 108. The molecule has 0 spiro atoms. The van der Waals surface area contributed by atoms with Crippen LogP contribution in [0.4, 0.5) is 11.5 Å². The molecule has 0 unspecified atom stereocenters. The normalized spacial score (nSPS) is 13.6. The van der Waals surface area contributed by atoms with E-state index in [4.69, 9.17) is 17.9 Å². The number of pyridine rings is 1. The van der Waals surface area contributed by atoms with Gasteiger partial charge in [-0.15, -0.1) is 23.5 Å². The fourth-order valence-corrected chi connectivity index (χ4v) is 21.1. The Bertz CT molecular complexity index is 6320. The first-order valence-corrected chi connectivity index (χ1v) is 53.4. The number of piperazine rings is 2. The highest BCUT2D eigenvalue weighted by Crippen LogP contribution is 2.40. The molecule has 9 aromatic carbocycles. The largest absolute Gasteiger partial charge is 0.379 e. The van der Waals surface area contributed by atoms with Crippen LogP contribution >= 0.6 is 47.0 Å². The molecule has 19 heteroatoms. The lowest BCUT2D eigenvalue weighted by Crippen LogP contribution is -2.49. The Kier molecular flexibility index (Phi) is 42.6. The van der Waals surface area contributed by atoms with Gasteiger partial charge >= 0.3 is 0 Å². The summed E-state index contributed by atoms with van der Waals surface area (Å²) in [5.74, 6) is 2.85. The number of rotatable bonds is 21. The third-order valence-corrected chi connectivity index (χ3v) is 29.1. The van der Waals surface area contributed by atoms with Crippen LogP contribution < -0.4 is 9.80 Å². The van der Waals surface area contributed by atoms with Gasteiger partial charge in [-0.3, -0.25) is 14.7 Å². The van der Waals surface area contributed by atoms with Crippen molar-refractivity contribution in [3.8, 4) is 0 Å². The molecule has 138 heavy (non-hydrogen) atoms. The molecule has 0 aliphatic carbocycles. The van der Waals surface area contributed by atoms with Crippen molar-refractivity contribution in [2.24, 2.45) is 0 Å². The van der Waals surface area contributed by atoms with Crippen molar-refractivity contribution < 1.29 is 4.74 Å². The van der Waals surface area contributed by atoms with Gasteiger partial charge in [-0.2, -0.15) is 0 Å². The predicted molar refractivity (Wildman–Crippen MR) is 600 cm³/mol. The second-order valence-corrected chi connectivity index (χ2v) is 42.6. The Morgan fingerprint density at radius 2 is 0.645 bits per heavy atom. The minimum atomic E-state index is 0.463. The molecule has 728 valence electrons. The van der Waals surface area contributed by atoms with Crippen LogP contribution in [0.25, 0.3) is 75.1 Å². The van der Waals surface area contributed by atoms with Crippen molar-refractivity contribution >= 4 is 124 Å². The summed E-state index contributed by atoms with van der Waals surface area (Å²) < 4.78 is 19.1. The zero-order valence-electron chi connectivity index (χ0n) is 86.0. The van der Waals surface area contributed by atoms with E-state index >= 15 is 0 Å². The van der Waals surface area contributed by atoms with E-state index in [2.05, 4.69) is 492 Å². The van der Waals surface area contributed by atoms with Gasteiger partial charge in [0.05, 0.1) is 24.7 Å². The fourth-order valence-electron chi connectivity index (χ4n) is 17.3. The van der Waals surface area contributed by atoms with E-state index in [0.29, 0.717) is 67.5 Å². The minimum Gasteiger partial charge on any atom is -0.379 e. The van der Waals surface area contributed by atoms with Crippen LogP contribution in [0, 0.1) is 33.9 Å². The van der Waals surface area contributed by atoms with Crippen molar-refractivity contribution in [3.05, 3.63) is 332 Å². The maximum Gasteiger partial charge on any atom is 0.223 e. The first-order chi connectivity index (χ1) is 66.6. The number of fused-ring (bicyclic) bond motifs is 6. The standard InChI is InChI=1S/C18H19NS.C17H17NS.C15H18N2S.C14H16N2S.C13H20N2.C12H19N3.C12H15N.C11H13N.C7H15NO/c1-13(2)19-12-18(20-15-7-5-4-6-8-15)16-11-14(3)9-10-17(16)19;1-13(2)18-12-17(15-10-6-7-11-16(15)18)19-14-8-4-3-5-9-14;1-11(2)17-10-15(18-8-7-16-4)13-9-12(3)5-6-14(13)17;1-11(2)16-10-14(17-9-8-15-3)12-6-4-5-7-13(12)16;1-12(2)14-8-10-15(11-9-14)13-6-4-3-5-7-13;1-11(2)14-7-9-15(10-8-14)12-5-3-4-6-13-12;1-9(2)13-7-6-11-8-10(3)4-5-12(11)13;1-9(2)12-8-7-10-5-3-4-6-11(10)12;1-7(2)8-3-5-9-6-4-8/h4-13H,1-3H3;3-13H,1-2H3;5-6,9-11H,7-8H2,1-3H3;4-7,10-11H,8-9H2,1-2H3;3-7,12H,8-11H2,1-2H3;3-6,11H,7-10H2,1-2H3;4-9H,1-3H3;3-9H,1-2H3;7H,3-6H2,1-2H3. The first-order valence-electron chi connectivity index (χ1n) is 49.8. The maximum atomic E-state index is 6.85. The SMILES string of the molecule is CC(C)N1CCN(c2ccccc2)CC1.CC(C)N1CCN(c2ccccn2)CC1.CC(C)N1CCOCC1.CC(C)n1cc(Sc2ccccc2)c2ccccc21.CC(C)n1ccc2ccccc21.Cc1ccc2c(c1)c(Sc1ccccc1)cn2C(C)C.Cc1ccc2c(ccn2C(C)C)c1.[C-]#[N+]CCSc1cn(C(C)C)c2ccc(C)cc12.[C-]#[N+]CCSc1cn(C(C)C)c2ccccc12. The number of aryl methyl sites for hydroxylation is 3. The number of hydrogen-bond acceptors (Lipinski definition) is 11. The van der Waals surface area contributed by atoms with Crippen LogP contribution in [0.2, 0.25) is 0 Å². The quantitative estimate of drug-likeness (QED) is 0.0392. The van der Waals surface area contributed by atoms with Gasteiger partial charge in [-0.25, -0.2) is 18.1 Å². The van der Waals surface area contributed by atoms with Crippen LogP contribution in [0.15, 0.2) is 321 Å². The monoisotopic (exact) mass is 1920 g/mol. The third kappa shape index (κ3) is 31.1. The summed E-state index contributed by atoms with van der Waals surface area (Å²) in [6.07, 6.45) is 15.2. The number of nitrogens with zero attached hydrogens (tertiary/aromatic N) is 14.